The second-order valence-corrected chi connectivity index (χ2v) is 4.05. The van der Waals surface area contributed by atoms with E-state index in [1.54, 1.807) is 5.32 Å². The van der Waals surface area contributed by atoms with Gasteiger partial charge in [0.2, 0.25) is 0 Å². The van der Waals surface area contributed by atoms with E-state index in [9.17, 15) is 27.5 Å². The summed E-state index contributed by atoms with van der Waals surface area (Å²) in [6, 6.07) is 3.60. The largest absolute Gasteiger partial charge is 0.481 e. The van der Waals surface area contributed by atoms with Crippen LogP contribution in [0.2, 0.25) is 0 Å². The van der Waals surface area contributed by atoms with E-state index in [4.69, 9.17) is 4.74 Å². The van der Waals surface area contributed by atoms with Crippen LogP contribution in [-0.4, -0.2) is 30.3 Å². The van der Waals surface area contributed by atoms with Gasteiger partial charge in [0.1, 0.15) is 6.54 Å². The summed E-state index contributed by atoms with van der Waals surface area (Å²) in [5.41, 5.74) is 0.316. The molecule has 0 aliphatic rings. The van der Waals surface area contributed by atoms with Crippen molar-refractivity contribution < 1.29 is 32.2 Å². The van der Waals surface area contributed by atoms with Crippen molar-refractivity contribution in [3.8, 4) is 5.75 Å². The normalized spacial score (nSPS) is 12.9. The maximum atomic E-state index is 13.5. The van der Waals surface area contributed by atoms with Gasteiger partial charge in [-0.25, -0.2) is 4.39 Å². The first-order valence-corrected chi connectivity index (χ1v) is 5.63. The molecule has 0 aliphatic carbocycles. The minimum atomic E-state index is -4.51. The molecule has 0 saturated heterocycles. The summed E-state index contributed by atoms with van der Waals surface area (Å²) in [5.74, 6) is -2.11. The van der Waals surface area contributed by atoms with Gasteiger partial charge < -0.3 is 15.2 Å². The fourth-order valence-electron chi connectivity index (χ4n) is 1.29. The van der Waals surface area contributed by atoms with Crippen molar-refractivity contribution in [3.63, 3.8) is 0 Å². The van der Waals surface area contributed by atoms with Crippen molar-refractivity contribution in [1.29, 1.82) is 0 Å². The van der Waals surface area contributed by atoms with Crippen molar-refractivity contribution in [2.24, 2.45) is 0 Å². The summed E-state index contributed by atoms with van der Waals surface area (Å²) in [4.78, 5) is 11.1. The first-order chi connectivity index (χ1) is 9.19. The molecule has 2 N–H and O–H groups in total. The summed E-state index contributed by atoms with van der Waals surface area (Å²) < 4.78 is 53.7. The number of alkyl halides is 3. The Labute approximate surface area is 112 Å². The molecular formula is C12H13F4NO3. The minimum absolute atomic E-state index is 0.281. The van der Waals surface area contributed by atoms with Gasteiger partial charge in [0.25, 0.3) is 5.91 Å². The van der Waals surface area contributed by atoms with E-state index in [2.05, 4.69) is 0 Å². The van der Waals surface area contributed by atoms with Gasteiger partial charge in [0, 0.05) is 0 Å². The van der Waals surface area contributed by atoms with Crippen LogP contribution in [0.15, 0.2) is 18.2 Å². The highest BCUT2D eigenvalue weighted by Gasteiger charge is 2.27. The molecule has 0 heterocycles. The standard InChI is InChI=1S/C12H13F4NO3/c1-7(18)8-2-3-10(9(13)4-8)20-5-11(19)17-6-12(14,15)16/h2-4,7,18H,5-6H2,1H3,(H,17,19). The van der Waals surface area contributed by atoms with E-state index in [-0.39, 0.29) is 5.75 Å². The quantitative estimate of drug-likeness (QED) is 0.816. The van der Waals surface area contributed by atoms with E-state index in [1.807, 2.05) is 0 Å². The molecule has 1 rings (SSSR count). The zero-order valence-electron chi connectivity index (χ0n) is 10.5. The number of carbonyl (C=O) groups is 1. The van der Waals surface area contributed by atoms with Crippen molar-refractivity contribution in [2.75, 3.05) is 13.2 Å². The zero-order valence-corrected chi connectivity index (χ0v) is 10.5. The highest BCUT2D eigenvalue weighted by atomic mass is 19.4. The third kappa shape index (κ3) is 5.43. The number of benzene rings is 1. The maximum absolute atomic E-state index is 13.5. The van der Waals surface area contributed by atoms with E-state index in [0.29, 0.717) is 5.56 Å². The van der Waals surface area contributed by atoms with E-state index < -0.39 is 37.2 Å². The molecular weight excluding hydrogens is 282 g/mol. The molecule has 0 aliphatic heterocycles. The van der Waals surface area contributed by atoms with Crippen LogP contribution in [0.5, 0.6) is 5.75 Å². The number of carbonyl (C=O) groups excluding carboxylic acids is 1. The number of ether oxygens (including phenoxy) is 1. The van der Waals surface area contributed by atoms with Crippen LogP contribution in [-0.2, 0) is 4.79 Å². The number of nitrogens with one attached hydrogen (secondary N) is 1. The van der Waals surface area contributed by atoms with Gasteiger partial charge >= 0.3 is 6.18 Å². The Morgan fingerprint density at radius 1 is 1.45 bits per heavy atom. The van der Waals surface area contributed by atoms with E-state index in [0.717, 1.165) is 6.07 Å². The van der Waals surface area contributed by atoms with Crippen LogP contribution in [0, 0.1) is 5.82 Å². The monoisotopic (exact) mass is 295 g/mol. The minimum Gasteiger partial charge on any atom is -0.481 e. The Morgan fingerprint density at radius 2 is 2.10 bits per heavy atom. The molecule has 0 saturated carbocycles. The average molecular weight is 295 g/mol. The predicted molar refractivity (Wildman–Crippen MR) is 61.6 cm³/mol. The highest BCUT2D eigenvalue weighted by molar-refractivity contribution is 5.77. The SMILES string of the molecule is CC(O)c1ccc(OCC(=O)NCC(F)(F)F)c(F)c1. The van der Waals surface area contributed by atoms with Crippen LogP contribution >= 0.6 is 0 Å². The Kier molecular flexibility index (Phi) is 5.32. The van der Waals surface area contributed by atoms with Gasteiger partial charge in [-0.2, -0.15) is 13.2 Å². The fourth-order valence-corrected chi connectivity index (χ4v) is 1.29. The number of amides is 1. The molecule has 0 spiro atoms. The van der Waals surface area contributed by atoms with E-state index in [1.165, 1.54) is 19.1 Å². The third-order valence-electron chi connectivity index (χ3n) is 2.28. The number of halogens is 4. The Bertz CT molecular complexity index is 474. The summed E-state index contributed by atoms with van der Waals surface area (Å²) in [6.45, 7) is -0.764. The van der Waals surface area contributed by atoms with Crippen molar-refractivity contribution in [2.45, 2.75) is 19.2 Å². The van der Waals surface area contributed by atoms with Gasteiger partial charge in [-0.05, 0) is 24.6 Å². The Balaban J connectivity index is 2.51. The van der Waals surface area contributed by atoms with Crippen LogP contribution in [0.1, 0.15) is 18.6 Å². The molecule has 1 unspecified atom stereocenters. The molecule has 1 aromatic rings. The zero-order chi connectivity index (χ0) is 15.3. The van der Waals surface area contributed by atoms with Gasteiger partial charge in [0.05, 0.1) is 6.10 Å². The molecule has 20 heavy (non-hydrogen) atoms. The van der Waals surface area contributed by atoms with Gasteiger partial charge in [0.15, 0.2) is 18.2 Å². The van der Waals surface area contributed by atoms with E-state index >= 15 is 0 Å². The number of aliphatic hydroxyl groups excluding tert-OH is 1. The topological polar surface area (TPSA) is 58.6 Å². The Hall–Kier alpha value is -1.83. The lowest BCUT2D eigenvalue weighted by Gasteiger charge is -2.11. The molecule has 1 amide bonds. The second-order valence-electron chi connectivity index (χ2n) is 4.05. The average Bonchev–Trinajstić information content (AvgIpc) is 2.33. The first kappa shape index (κ1) is 16.2. The number of rotatable bonds is 5. The lowest BCUT2D eigenvalue weighted by molar-refractivity contribution is -0.139. The number of aliphatic hydroxyl groups is 1. The van der Waals surface area contributed by atoms with Crippen molar-refractivity contribution >= 4 is 5.91 Å². The number of hydrogen-bond acceptors (Lipinski definition) is 3. The number of hydrogen-bond donors (Lipinski definition) is 2. The highest BCUT2D eigenvalue weighted by Crippen LogP contribution is 2.21. The van der Waals surface area contributed by atoms with Crippen LogP contribution in [0.25, 0.3) is 0 Å². The van der Waals surface area contributed by atoms with Gasteiger partial charge in [-0.15, -0.1) is 0 Å². The lowest BCUT2D eigenvalue weighted by Crippen LogP contribution is -2.36. The van der Waals surface area contributed by atoms with Gasteiger partial charge in [-0.3, -0.25) is 4.79 Å². The predicted octanol–water partition coefficient (Wildman–Crippen LogP) is 1.94. The fraction of sp³-hybridized carbons (Fsp3) is 0.417. The molecule has 0 bridgehead atoms. The summed E-state index contributed by atoms with van der Waals surface area (Å²) in [7, 11) is 0. The summed E-state index contributed by atoms with van der Waals surface area (Å²) in [5, 5.41) is 10.8. The smallest absolute Gasteiger partial charge is 0.405 e. The van der Waals surface area contributed by atoms with Crippen molar-refractivity contribution in [3.05, 3.63) is 29.6 Å². The second kappa shape index (κ2) is 6.56. The van der Waals surface area contributed by atoms with Crippen LogP contribution < -0.4 is 10.1 Å². The molecule has 4 nitrogen and oxygen atoms in total. The first-order valence-electron chi connectivity index (χ1n) is 5.63. The summed E-state index contributed by atoms with van der Waals surface area (Å²) >= 11 is 0. The lowest BCUT2D eigenvalue weighted by atomic mass is 10.1. The molecule has 112 valence electrons. The van der Waals surface area contributed by atoms with Gasteiger partial charge in [-0.1, -0.05) is 6.07 Å². The Morgan fingerprint density at radius 3 is 2.60 bits per heavy atom. The summed E-state index contributed by atoms with van der Waals surface area (Å²) in [6.07, 6.45) is -5.38. The molecule has 1 atom stereocenters. The molecule has 0 aromatic heterocycles. The molecule has 0 fully saturated rings. The maximum Gasteiger partial charge on any atom is 0.405 e. The van der Waals surface area contributed by atoms with Crippen LogP contribution in [0.3, 0.4) is 0 Å². The third-order valence-corrected chi connectivity index (χ3v) is 2.28. The van der Waals surface area contributed by atoms with Crippen molar-refractivity contribution in [1.82, 2.24) is 5.32 Å². The molecule has 0 radical (unpaired) electrons. The molecule has 8 heteroatoms. The molecule has 1 aromatic carbocycles. The van der Waals surface area contributed by atoms with Crippen LogP contribution in [0.4, 0.5) is 17.6 Å².